The van der Waals surface area contributed by atoms with E-state index in [1.54, 1.807) is 36.5 Å². The minimum atomic E-state index is -1.10. The van der Waals surface area contributed by atoms with Crippen LogP contribution >= 0.6 is 0 Å². The number of benzene rings is 1. The second kappa shape index (κ2) is 4.87. The first-order valence-electron chi connectivity index (χ1n) is 6.83. The van der Waals surface area contributed by atoms with E-state index in [2.05, 4.69) is 4.98 Å². The lowest BCUT2D eigenvalue weighted by Gasteiger charge is -2.03. The van der Waals surface area contributed by atoms with E-state index in [1.165, 1.54) is 9.13 Å². The molecule has 8 heteroatoms. The lowest BCUT2D eigenvalue weighted by molar-refractivity contribution is -0.137. The molecule has 1 aromatic carbocycles. The van der Waals surface area contributed by atoms with Gasteiger partial charge in [-0.1, -0.05) is 0 Å². The Balaban J connectivity index is 1.98. The molecule has 1 aliphatic heterocycles. The van der Waals surface area contributed by atoms with E-state index in [0.717, 1.165) is 0 Å². The number of hydrogen-bond acceptors (Lipinski definition) is 5. The summed E-state index contributed by atoms with van der Waals surface area (Å²) in [4.78, 5) is 27.9. The number of imidazole rings is 1. The van der Waals surface area contributed by atoms with E-state index in [4.69, 9.17) is 14.6 Å². The molecule has 0 amide bonds. The Kier molecular flexibility index (Phi) is 2.83. The van der Waals surface area contributed by atoms with Crippen LogP contribution in [0.5, 0.6) is 11.5 Å². The van der Waals surface area contributed by atoms with E-state index < -0.39 is 18.2 Å². The van der Waals surface area contributed by atoms with Crippen molar-refractivity contribution < 1.29 is 19.4 Å². The van der Waals surface area contributed by atoms with Gasteiger partial charge >= 0.3 is 11.7 Å². The summed E-state index contributed by atoms with van der Waals surface area (Å²) in [6.45, 7) is -0.300. The molecule has 8 nitrogen and oxygen atoms in total. The maximum absolute atomic E-state index is 12.7. The summed E-state index contributed by atoms with van der Waals surface area (Å²) in [5.41, 5.74) is 0.905. The highest BCUT2D eigenvalue weighted by molar-refractivity contribution is 5.76. The van der Waals surface area contributed by atoms with E-state index in [1.807, 2.05) is 0 Å². The van der Waals surface area contributed by atoms with Gasteiger partial charge in [0.25, 0.3) is 0 Å². The quantitative estimate of drug-likeness (QED) is 0.775. The average Bonchev–Trinajstić information content (AvgIpc) is 3.10. The summed E-state index contributed by atoms with van der Waals surface area (Å²) in [6.07, 6.45) is 1.55. The van der Waals surface area contributed by atoms with Crippen molar-refractivity contribution in [2.24, 2.45) is 0 Å². The van der Waals surface area contributed by atoms with Gasteiger partial charge in [-0.05, 0) is 24.3 Å². The van der Waals surface area contributed by atoms with Crippen LogP contribution in [0.4, 0.5) is 0 Å². The summed E-state index contributed by atoms with van der Waals surface area (Å²) in [6, 6.07) is 8.39. The van der Waals surface area contributed by atoms with Crippen LogP contribution in [0.3, 0.4) is 0 Å². The van der Waals surface area contributed by atoms with Crippen LogP contribution in [-0.2, 0) is 11.3 Å². The molecular formula is C15H11N3O5. The lowest BCUT2D eigenvalue weighted by atomic mass is 10.2. The molecule has 1 N–H and O–H groups in total. The summed E-state index contributed by atoms with van der Waals surface area (Å²) in [7, 11) is 0. The highest BCUT2D eigenvalue weighted by atomic mass is 16.7. The van der Waals surface area contributed by atoms with Crippen LogP contribution < -0.4 is 15.2 Å². The minimum Gasteiger partial charge on any atom is -0.480 e. The van der Waals surface area contributed by atoms with Crippen molar-refractivity contribution >= 4 is 17.1 Å². The van der Waals surface area contributed by atoms with Crippen molar-refractivity contribution in [3.05, 3.63) is 47.0 Å². The van der Waals surface area contributed by atoms with E-state index in [-0.39, 0.29) is 6.79 Å². The monoisotopic (exact) mass is 313 g/mol. The van der Waals surface area contributed by atoms with E-state index in [9.17, 15) is 9.59 Å². The zero-order valence-electron chi connectivity index (χ0n) is 11.8. The fourth-order valence-corrected chi connectivity index (χ4v) is 2.63. The predicted octanol–water partition coefficient (Wildman–Crippen LogP) is 1.00. The Morgan fingerprint density at radius 1 is 1.26 bits per heavy atom. The standard InChI is InChI=1S/C15H11N3O5/c19-13(20)7-17-10-2-1-5-16-14(10)18(15(17)21)9-3-4-11-12(6-9)23-8-22-11/h1-6H,7-8H2,(H,19,20). The maximum Gasteiger partial charge on any atom is 0.335 e. The van der Waals surface area contributed by atoms with Crippen molar-refractivity contribution in [2.75, 3.05) is 6.79 Å². The summed E-state index contributed by atoms with van der Waals surface area (Å²) in [5, 5.41) is 9.03. The number of pyridine rings is 1. The van der Waals surface area contributed by atoms with Gasteiger partial charge in [-0.15, -0.1) is 0 Å². The number of nitrogens with zero attached hydrogens (tertiary/aromatic N) is 3. The van der Waals surface area contributed by atoms with Crippen LogP contribution in [0, 0.1) is 0 Å². The zero-order valence-corrected chi connectivity index (χ0v) is 11.8. The highest BCUT2D eigenvalue weighted by Gasteiger charge is 2.20. The summed E-state index contributed by atoms with van der Waals surface area (Å²) in [5.74, 6) is 0.0363. The summed E-state index contributed by atoms with van der Waals surface area (Å²) < 4.78 is 13.1. The SMILES string of the molecule is O=C(O)Cn1c(=O)n(-c2ccc3c(c2)OCO3)c2ncccc21. The zero-order chi connectivity index (χ0) is 16.0. The Hall–Kier alpha value is -3.29. The Bertz CT molecular complexity index is 988. The molecule has 0 spiro atoms. The van der Waals surface area contributed by atoms with Gasteiger partial charge in [0.2, 0.25) is 6.79 Å². The fraction of sp³-hybridized carbons (Fsp3) is 0.133. The van der Waals surface area contributed by atoms with E-state index >= 15 is 0 Å². The number of rotatable bonds is 3. The molecule has 116 valence electrons. The third kappa shape index (κ3) is 2.03. The third-order valence-electron chi connectivity index (χ3n) is 3.60. The number of carboxylic acid groups (broad SMARTS) is 1. The molecule has 0 saturated heterocycles. The van der Waals surface area contributed by atoms with Crippen molar-refractivity contribution in [2.45, 2.75) is 6.54 Å². The number of hydrogen-bond donors (Lipinski definition) is 1. The molecule has 2 aromatic heterocycles. The van der Waals surface area contributed by atoms with Gasteiger partial charge < -0.3 is 14.6 Å². The second-order valence-corrected chi connectivity index (χ2v) is 4.98. The van der Waals surface area contributed by atoms with Crippen molar-refractivity contribution in [1.82, 2.24) is 14.1 Å². The van der Waals surface area contributed by atoms with Gasteiger partial charge in [-0.2, -0.15) is 0 Å². The first-order valence-corrected chi connectivity index (χ1v) is 6.83. The minimum absolute atomic E-state index is 0.132. The number of carboxylic acids is 1. The van der Waals surface area contributed by atoms with Crippen LogP contribution in [0.15, 0.2) is 41.3 Å². The van der Waals surface area contributed by atoms with Crippen LogP contribution in [0.2, 0.25) is 0 Å². The fourth-order valence-electron chi connectivity index (χ4n) is 2.63. The molecule has 0 unspecified atom stereocenters. The highest BCUT2D eigenvalue weighted by Crippen LogP contribution is 2.33. The molecule has 0 radical (unpaired) electrons. The summed E-state index contributed by atoms with van der Waals surface area (Å²) >= 11 is 0. The molecule has 4 rings (SSSR count). The van der Waals surface area contributed by atoms with Crippen LogP contribution in [0.25, 0.3) is 16.9 Å². The molecule has 0 saturated carbocycles. The first-order chi connectivity index (χ1) is 11.1. The number of aliphatic carboxylic acids is 1. The molecule has 23 heavy (non-hydrogen) atoms. The lowest BCUT2D eigenvalue weighted by Crippen LogP contribution is -2.26. The molecular weight excluding hydrogens is 302 g/mol. The van der Waals surface area contributed by atoms with Gasteiger partial charge in [0.05, 0.1) is 11.2 Å². The van der Waals surface area contributed by atoms with Crippen molar-refractivity contribution in [3.63, 3.8) is 0 Å². The van der Waals surface area contributed by atoms with Crippen LogP contribution in [-0.4, -0.2) is 32.0 Å². The normalized spacial score (nSPS) is 12.7. The topological polar surface area (TPSA) is 95.6 Å². The van der Waals surface area contributed by atoms with E-state index in [0.29, 0.717) is 28.4 Å². The number of aromatic nitrogens is 3. The Morgan fingerprint density at radius 2 is 2.09 bits per heavy atom. The Labute approximate surface area is 129 Å². The Morgan fingerprint density at radius 3 is 2.91 bits per heavy atom. The maximum atomic E-state index is 12.7. The molecule has 0 aliphatic carbocycles. The number of carbonyl (C=O) groups is 1. The molecule has 1 aliphatic rings. The van der Waals surface area contributed by atoms with Gasteiger partial charge in [-0.25, -0.2) is 14.3 Å². The first kappa shape index (κ1) is 13.4. The molecule has 0 fully saturated rings. The molecule has 3 aromatic rings. The predicted molar refractivity (Wildman–Crippen MR) is 79.1 cm³/mol. The van der Waals surface area contributed by atoms with Gasteiger partial charge in [0.15, 0.2) is 17.1 Å². The largest absolute Gasteiger partial charge is 0.480 e. The smallest absolute Gasteiger partial charge is 0.335 e. The molecule has 3 heterocycles. The number of ether oxygens (including phenoxy) is 2. The van der Waals surface area contributed by atoms with Gasteiger partial charge in [0.1, 0.15) is 6.54 Å². The van der Waals surface area contributed by atoms with Crippen LogP contribution in [0.1, 0.15) is 0 Å². The van der Waals surface area contributed by atoms with Gasteiger partial charge in [-0.3, -0.25) is 9.36 Å². The van der Waals surface area contributed by atoms with Gasteiger partial charge in [0, 0.05) is 12.3 Å². The van der Waals surface area contributed by atoms with Crippen molar-refractivity contribution in [1.29, 1.82) is 0 Å². The average molecular weight is 313 g/mol. The number of fused-ring (bicyclic) bond motifs is 2. The third-order valence-corrected chi connectivity index (χ3v) is 3.60. The molecule has 0 atom stereocenters. The van der Waals surface area contributed by atoms with Crippen molar-refractivity contribution in [3.8, 4) is 17.2 Å². The second-order valence-electron chi connectivity index (χ2n) is 4.98. The molecule has 0 bridgehead atoms.